The van der Waals surface area contributed by atoms with Gasteiger partial charge in [0, 0.05) is 18.7 Å². The molecule has 20 heavy (non-hydrogen) atoms. The Kier molecular flexibility index (Phi) is 5.84. The number of nitrogens with one attached hydrogen (secondary N) is 1. The molecule has 1 unspecified atom stereocenters. The van der Waals surface area contributed by atoms with Gasteiger partial charge in [-0.15, -0.1) is 0 Å². The SMILES string of the molecule is CCN(CC(=O)c1cc([N+](=O)[O-])c[nH]1)C(C)CN(C)C. The van der Waals surface area contributed by atoms with Crippen molar-refractivity contribution in [3.05, 3.63) is 28.1 Å². The Morgan fingerprint density at radius 2 is 2.15 bits per heavy atom. The topological polar surface area (TPSA) is 82.5 Å². The maximum absolute atomic E-state index is 12.1. The van der Waals surface area contributed by atoms with Crippen LogP contribution in [0, 0.1) is 10.1 Å². The Balaban J connectivity index is 2.68. The molecule has 0 amide bonds. The maximum atomic E-state index is 12.1. The summed E-state index contributed by atoms with van der Waals surface area (Å²) in [5.41, 5.74) is 0.199. The zero-order valence-corrected chi connectivity index (χ0v) is 12.4. The summed E-state index contributed by atoms with van der Waals surface area (Å²) >= 11 is 0. The molecule has 1 heterocycles. The third kappa shape index (κ3) is 4.43. The van der Waals surface area contributed by atoms with Crippen LogP contribution in [0.2, 0.25) is 0 Å². The van der Waals surface area contributed by atoms with E-state index in [1.807, 2.05) is 21.0 Å². The van der Waals surface area contributed by atoms with Crippen LogP contribution in [-0.2, 0) is 0 Å². The van der Waals surface area contributed by atoms with E-state index in [0.717, 1.165) is 13.1 Å². The van der Waals surface area contributed by atoms with Gasteiger partial charge in [0.15, 0.2) is 5.78 Å². The van der Waals surface area contributed by atoms with Gasteiger partial charge in [-0.05, 0) is 27.6 Å². The average molecular weight is 282 g/mol. The lowest BCUT2D eigenvalue weighted by Gasteiger charge is -2.29. The first-order valence-electron chi connectivity index (χ1n) is 6.60. The summed E-state index contributed by atoms with van der Waals surface area (Å²) in [5, 5.41) is 10.6. The third-order valence-corrected chi connectivity index (χ3v) is 3.18. The van der Waals surface area contributed by atoms with Crippen LogP contribution in [-0.4, -0.2) is 65.3 Å². The molecule has 1 atom stereocenters. The number of hydrogen-bond donors (Lipinski definition) is 1. The number of carbonyl (C=O) groups is 1. The summed E-state index contributed by atoms with van der Waals surface area (Å²) < 4.78 is 0. The predicted molar refractivity (Wildman–Crippen MR) is 77.0 cm³/mol. The van der Waals surface area contributed by atoms with Crippen LogP contribution in [0.1, 0.15) is 24.3 Å². The van der Waals surface area contributed by atoms with Crippen molar-refractivity contribution in [1.29, 1.82) is 0 Å². The number of rotatable bonds is 8. The molecule has 1 rings (SSSR count). The van der Waals surface area contributed by atoms with Gasteiger partial charge in [0.05, 0.1) is 23.4 Å². The molecular formula is C13H22N4O3. The average Bonchev–Trinajstić information content (AvgIpc) is 2.84. The van der Waals surface area contributed by atoms with E-state index >= 15 is 0 Å². The molecule has 0 fully saturated rings. The van der Waals surface area contributed by atoms with Crippen LogP contribution >= 0.6 is 0 Å². The quantitative estimate of drug-likeness (QED) is 0.442. The highest BCUT2D eigenvalue weighted by Crippen LogP contribution is 2.13. The monoisotopic (exact) mass is 282 g/mol. The number of carbonyl (C=O) groups excluding carboxylic acids is 1. The second kappa shape index (κ2) is 7.16. The number of aromatic amines is 1. The highest BCUT2D eigenvalue weighted by molar-refractivity contribution is 5.96. The van der Waals surface area contributed by atoms with Crippen molar-refractivity contribution in [2.75, 3.05) is 33.7 Å². The van der Waals surface area contributed by atoms with Crippen molar-refractivity contribution in [3.8, 4) is 0 Å². The predicted octanol–water partition coefficient (Wildman–Crippen LogP) is 1.38. The van der Waals surface area contributed by atoms with Gasteiger partial charge in [-0.3, -0.25) is 19.8 Å². The van der Waals surface area contributed by atoms with Crippen LogP contribution < -0.4 is 0 Å². The number of likely N-dealkylation sites (N-methyl/N-ethyl adjacent to an activating group) is 2. The highest BCUT2D eigenvalue weighted by Gasteiger charge is 2.20. The molecule has 0 bridgehead atoms. The van der Waals surface area contributed by atoms with E-state index in [2.05, 4.69) is 21.7 Å². The van der Waals surface area contributed by atoms with Crippen molar-refractivity contribution in [1.82, 2.24) is 14.8 Å². The van der Waals surface area contributed by atoms with Crippen LogP contribution in [0.15, 0.2) is 12.3 Å². The first-order valence-corrected chi connectivity index (χ1v) is 6.60. The van der Waals surface area contributed by atoms with E-state index in [4.69, 9.17) is 0 Å². The molecule has 1 aromatic rings. The second-order valence-corrected chi connectivity index (χ2v) is 5.13. The van der Waals surface area contributed by atoms with E-state index < -0.39 is 4.92 Å². The Bertz CT molecular complexity index is 470. The highest BCUT2D eigenvalue weighted by atomic mass is 16.6. The van der Waals surface area contributed by atoms with E-state index in [1.54, 1.807) is 0 Å². The molecule has 0 spiro atoms. The Morgan fingerprint density at radius 3 is 2.60 bits per heavy atom. The number of ketones is 1. The van der Waals surface area contributed by atoms with E-state index in [9.17, 15) is 14.9 Å². The van der Waals surface area contributed by atoms with Gasteiger partial charge in [0.2, 0.25) is 0 Å². The number of H-pyrrole nitrogens is 1. The van der Waals surface area contributed by atoms with Gasteiger partial charge in [-0.25, -0.2) is 0 Å². The fourth-order valence-corrected chi connectivity index (χ4v) is 2.14. The first kappa shape index (κ1) is 16.3. The maximum Gasteiger partial charge on any atom is 0.287 e. The van der Waals surface area contributed by atoms with Crippen LogP contribution in [0.5, 0.6) is 0 Å². The van der Waals surface area contributed by atoms with Gasteiger partial charge >= 0.3 is 0 Å². The molecule has 0 aliphatic carbocycles. The lowest BCUT2D eigenvalue weighted by atomic mass is 10.2. The molecule has 0 radical (unpaired) electrons. The number of Topliss-reactive ketones (excluding diaryl/α,β-unsaturated/α-hetero) is 1. The minimum atomic E-state index is -0.514. The summed E-state index contributed by atoms with van der Waals surface area (Å²) in [5.74, 6) is -0.134. The van der Waals surface area contributed by atoms with Crippen molar-refractivity contribution >= 4 is 11.5 Å². The first-order chi connectivity index (χ1) is 9.35. The largest absolute Gasteiger partial charge is 0.353 e. The van der Waals surface area contributed by atoms with Crippen molar-refractivity contribution in [2.45, 2.75) is 19.9 Å². The van der Waals surface area contributed by atoms with Gasteiger partial charge in [0.1, 0.15) is 0 Å². The fourth-order valence-electron chi connectivity index (χ4n) is 2.14. The van der Waals surface area contributed by atoms with Gasteiger partial charge in [0.25, 0.3) is 5.69 Å². The Morgan fingerprint density at radius 1 is 1.50 bits per heavy atom. The smallest absolute Gasteiger partial charge is 0.287 e. The van der Waals surface area contributed by atoms with E-state index in [-0.39, 0.29) is 29.8 Å². The van der Waals surface area contributed by atoms with Crippen LogP contribution in [0.4, 0.5) is 5.69 Å². The zero-order chi connectivity index (χ0) is 15.3. The summed E-state index contributed by atoms with van der Waals surface area (Å²) in [7, 11) is 3.97. The lowest BCUT2D eigenvalue weighted by Crippen LogP contribution is -2.42. The summed E-state index contributed by atoms with van der Waals surface area (Å²) in [6.45, 7) is 5.92. The van der Waals surface area contributed by atoms with Crippen molar-refractivity contribution in [2.24, 2.45) is 0 Å². The standard InChI is InChI=1S/C13H22N4O3/c1-5-16(10(2)8-15(3)4)9-13(18)12-6-11(7-14-12)17(19)20/h6-7,10,14H,5,8-9H2,1-4H3. The van der Waals surface area contributed by atoms with Gasteiger partial charge in [-0.2, -0.15) is 0 Å². The molecular weight excluding hydrogens is 260 g/mol. The molecule has 7 nitrogen and oxygen atoms in total. The lowest BCUT2D eigenvalue weighted by molar-refractivity contribution is -0.384. The van der Waals surface area contributed by atoms with Crippen LogP contribution in [0.3, 0.4) is 0 Å². The molecule has 1 N–H and O–H groups in total. The van der Waals surface area contributed by atoms with Gasteiger partial charge in [-0.1, -0.05) is 6.92 Å². The number of aromatic nitrogens is 1. The minimum absolute atomic E-state index is 0.0854. The fraction of sp³-hybridized carbons (Fsp3) is 0.615. The molecule has 1 aromatic heterocycles. The third-order valence-electron chi connectivity index (χ3n) is 3.18. The normalized spacial score (nSPS) is 12.9. The summed E-state index contributed by atoms with van der Waals surface area (Å²) in [6, 6.07) is 1.52. The van der Waals surface area contributed by atoms with Crippen molar-refractivity contribution in [3.63, 3.8) is 0 Å². The molecule has 0 aliphatic rings. The number of nitro groups is 1. The molecule has 0 aliphatic heterocycles. The Hall–Kier alpha value is -1.73. The molecule has 0 saturated heterocycles. The molecule has 112 valence electrons. The van der Waals surface area contributed by atoms with Crippen molar-refractivity contribution < 1.29 is 9.72 Å². The van der Waals surface area contributed by atoms with E-state index in [0.29, 0.717) is 0 Å². The van der Waals surface area contributed by atoms with Gasteiger partial charge < -0.3 is 9.88 Å². The zero-order valence-electron chi connectivity index (χ0n) is 12.4. The molecule has 0 aromatic carbocycles. The number of nitrogens with zero attached hydrogens (tertiary/aromatic N) is 3. The summed E-state index contributed by atoms with van der Waals surface area (Å²) in [4.78, 5) is 29.0. The van der Waals surface area contributed by atoms with E-state index in [1.165, 1.54) is 12.3 Å². The van der Waals surface area contributed by atoms with Crippen LogP contribution in [0.25, 0.3) is 0 Å². The number of hydrogen-bond acceptors (Lipinski definition) is 5. The molecule has 0 saturated carbocycles. The summed E-state index contributed by atoms with van der Waals surface area (Å²) in [6.07, 6.45) is 1.24. The molecule has 7 heteroatoms. The Labute approximate surface area is 118 Å². The second-order valence-electron chi connectivity index (χ2n) is 5.13. The minimum Gasteiger partial charge on any atom is -0.353 e.